The van der Waals surface area contributed by atoms with E-state index in [1.165, 1.54) is 0 Å². The molecule has 0 fully saturated rings. The molecular formula is C14H20O5S. The van der Waals surface area contributed by atoms with Crippen molar-refractivity contribution in [2.45, 2.75) is 6.42 Å². The Balaban J connectivity index is 1.92. The number of methoxy groups -OCH3 is 1. The Morgan fingerprint density at radius 2 is 1.95 bits per heavy atom. The van der Waals surface area contributed by atoms with E-state index in [9.17, 15) is 4.79 Å². The zero-order chi connectivity index (χ0) is 14.5. The zero-order valence-electron chi connectivity index (χ0n) is 11.6. The monoisotopic (exact) mass is 300 g/mol. The summed E-state index contributed by atoms with van der Waals surface area (Å²) in [5.74, 6) is 1.09. The van der Waals surface area contributed by atoms with Crippen molar-refractivity contribution in [2.75, 3.05) is 39.0 Å². The van der Waals surface area contributed by atoms with Crippen molar-refractivity contribution in [3.05, 3.63) is 35.9 Å². The smallest absolute Gasteiger partial charge is 0.312 e. The second-order valence-corrected chi connectivity index (χ2v) is 4.89. The van der Waals surface area contributed by atoms with Gasteiger partial charge in [0.2, 0.25) is 0 Å². The molecule has 0 aliphatic carbocycles. The molecule has 0 saturated carbocycles. The lowest BCUT2D eigenvalue weighted by molar-refractivity contribution is -0.165. The molecule has 5 nitrogen and oxygen atoms in total. The molecule has 0 heterocycles. The predicted octanol–water partition coefficient (Wildman–Crippen LogP) is 2.06. The molecule has 0 aromatic heterocycles. The van der Waals surface area contributed by atoms with E-state index in [-0.39, 0.29) is 26.0 Å². The summed E-state index contributed by atoms with van der Waals surface area (Å²) in [5, 5.41) is 0. The largest absolute Gasteiger partial charge is 0.438 e. The first-order valence-electron chi connectivity index (χ1n) is 6.24. The van der Waals surface area contributed by atoms with E-state index in [4.69, 9.17) is 18.9 Å². The standard InChI is InChI=1S/C14H20O5S/c1-16-7-8-20-12-18-10-17-11-19-14(15)9-13-5-3-2-4-6-13/h2-6H,7-12H2,1H3. The average molecular weight is 300 g/mol. The molecule has 112 valence electrons. The highest BCUT2D eigenvalue weighted by atomic mass is 32.2. The van der Waals surface area contributed by atoms with Crippen LogP contribution in [-0.2, 0) is 30.2 Å². The molecule has 0 radical (unpaired) electrons. The van der Waals surface area contributed by atoms with Gasteiger partial charge in [0.05, 0.1) is 19.0 Å². The molecule has 0 saturated heterocycles. The van der Waals surface area contributed by atoms with Gasteiger partial charge in [0, 0.05) is 12.9 Å². The molecule has 0 atom stereocenters. The molecule has 0 spiro atoms. The van der Waals surface area contributed by atoms with Crippen LogP contribution in [0.25, 0.3) is 0 Å². The zero-order valence-corrected chi connectivity index (χ0v) is 12.4. The van der Waals surface area contributed by atoms with Gasteiger partial charge < -0.3 is 18.9 Å². The highest BCUT2D eigenvalue weighted by molar-refractivity contribution is 7.99. The molecule has 0 N–H and O–H groups in total. The lowest BCUT2D eigenvalue weighted by Gasteiger charge is -2.07. The van der Waals surface area contributed by atoms with Crippen molar-refractivity contribution in [1.29, 1.82) is 0 Å². The van der Waals surface area contributed by atoms with Gasteiger partial charge in [-0.25, -0.2) is 0 Å². The van der Waals surface area contributed by atoms with Crippen molar-refractivity contribution in [2.24, 2.45) is 0 Å². The number of hydrogen-bond donors (Lipinski definition) is 0. The maximum atomic E-state index is 11.5. The number of hydrogen-bond acceptors (Lipinski definition) is 6. The lowest BCUT2D eigenvalue weighted by Crippen LogP contribution is -2.12. The van der Waals surface area contributed by atoms with Crippen LogP contribution < -0.4 is 0 Å². The molecule has 1 aromatic carbocycles. The fourth-order valence-electron chi connectivity index (χ4n) is 1.31. The summed E-state index contributed by atoms with van der Waals surface area (Å²) in [6, 6.07) is 9.42. The minimum absolute atomic E-state index is 0.0889. The van der Waals surface area contributed by atoms with Crippen molar-refractivity contribution in [3.8, 4) is 0 Å². The van der Waals surface area contributed by atoms with Crippen LogP contribution in [0.3, 0.4) is 0 Å². The van der Waals surface area contributed by atoms with Crippen LogP contribution >= 0.6 is 11.8 Å². The Bertz CT molecular complexity index is 358. The molecule has 20 heavy (non-hydrogen) atoms. The average Bonchev–Trinajstić information content (AvgIpc) is 2.46. The SMILES string of the molecule is COCCSCOCOCOC(=O)Cc1ccccc1. The number of ether oxygens (including phenoxy) is 4. The fourth-order valence-corrected chi connectivity index (χ4v) is 1.90. The molecule has 0 amide bonds. The number of carbonyl (C=O) groups excluding carboxylic acids is 1. The van der Waals surface area contributed by atoms with E-state index >= 15 is 0 Å². The van der Waals surface area contributed by atoms with Gasteiger partial charge in [0.25, 0.3) is 0 Å². The van der Waals surface area contributed by atoms with Crippen LogP contribution in [0.5, 0.6) is 0 Å². The van der Waals surface area contributed by atoms with Gasteiger partial charge in [-0.2, -0.15) is 0 Å². The number of thioether (sulfide) groups is 1. The van der Waals surface area contributed by atoms with E-state index in [1.807, 2.05) is 30.3 Å². The minimum Gasteiger partial charge on any atom is -0.438 e. The van der Waals surface area contributed by atoms with Crippen LogP contribution in [0.1, 0.15) is 5.56 Å². The molecule has 0 bridgehead atoms. The van der Waals surface area contributed by atoms with Gasteiger partial charge in [-0.1, -0.05) is 30.3 Å². The fraction of sp³-hybridized carbons (Fsp3) is 0.500. The van der Waals surface area contributed by atoms with E-state index < -0.39 is 0 Å². The topological polar surface area (TPSA) is 54.0 Å². The Morgan fingerprint density at radius 3 is 2.70 bits per heavy atom. The molecule has 0 aliphatic rings. The summed E-state index contributed by atoms with van der Waals surface area (Å²) in [4.78, 5) is 11.5. The van der Waals surface area contributed by atoms with E-state index in [0.717, 1.165) is 11.3 Å². The van der Waals surface area contributed by atoms with Crippen molar-refractivity contribution in [3.63, 3.8) is 0 Å². The van der Waals surface area contributed by atoms with Crippen LogP contribution in [0, 0.1) is 0 Å². The van der Waals surface area contributed by atoms with Crippen LogP contribution in [0.2, 0.25) is 0 Å². The highest BCUT2D eigenvalue weighted by Gasteiger charge is 2.03. The Kier molecular flexibility index (Phi) is 9.95. The lowest BCUT2D eigenvalue weighted by atomic mass is 10.2. The number of benzene rings is 1. The predicted molar refractivity (Wildman–Crippen MR) is 77.3 cm³/mol. The van der Waals surface area contributed by atoms with E-state index in [1.54, 1.807) is 18.9 Å². The van der Waals surface area contributed by atoms with Crippen LogP contribution in [0.4, 0.5) is 0 Å². The molecule has 1 rings (SSSR count). The molecule has 6 heteroatoms. The van der Waals surface area contributed by atoms with Gasteiger partial charge in [-0.3, -0.25) is 4.79 Å². The van der Waals surface area contributed by atoms with Gasteiger partial charge >= 0.3 is 5.97 Å². The third-order valence-electron chi connectivity index (χ3n) is 2.26. The first kappa shape index (κ1) is 17.0. The number of rotatable bonds is 11. The third-order valence-corrected chi connectivity index (χ3v) is 3.05. The molecular weight excluding hydrogens is 280 g/mol. The molecule has 0 aliphatic heterocycles. The Hall–Kier alpha value is -1.08. The van der Waals surface area contributed by atoms with Gasteiger partial charge in [-0.05, 0) is 5.56 Å². The third kappa shape index (κ3) is 8.92. The summed E-state index contributed by atoms with van der Waals surface area (Å²) < 4.78 is 20.0. The van der Waals surface area contributed by atoms with Gasteiger partial charge in [-0.15, -0.1) is 11.8 Å². The minimum atomic E-state index is -0.314. The summed E-state index contributed by atoms with van der Waals surface area (Å²) in [6.45, 7) is 0.721. The van der Waals surface area contributed by atoms with E-state index in [2.05, 4.69) is 0 Å². The maximum absolute atomic E-state index is 11.5. The van der Waals surface area contributed by atoms with Crippen molar-refractivity contribution in [1.82, 2.24) is 0 Å². The first-order valence-corrected chi connectivity index (χ1v) is 7.40. The number of carbonyl (C=O) groups is 1. The molecule has 1 aromatic rings. The second-order valence-electron chi connectivity index (χ2n) is 3.84. The molecule has 0 unspecified atom stereocenters. The summed E-state index contributed by atoms with van der Waals surface area (Å²) in [6.07, 6.45) is 0.248. The van der Waals surface area contributed by atoms with Crippen LogP contribution in [0.15, 0.2) is 30.3 Å². The van der Waals surface area contributed by atoms with Crippen molar-refractivity contribution >= 4 is 17.7 Å². The van der Waals surface area contributed by atoms with Crippen molar-refractivity contribution < 1.29 is 23.7 Å². The quantitative estimate of drug-likeness (QED) is 0.354. The Labute approximate surface area is 123 Å². The normalized spacial score (nSPS) is 10.4. The van der Waals surface area contributed by atoms with E-state index in [0.29, 0.717) is 12.5 Å². The highest BCUT2D eigenvalue weighted by Crippen LogP contribution is 2.01. The van der Waals surface area contributed by atoms with Crippen LogP contribution in [-0.4, -0.2) is 45.0 Å². The van der Waals surface area contributed by atoms with Gasteiger partial charge in [0.15, 0.2) is 13.6 Å². The maximum Gasteiger partial charge on any atom is 0.312 e. The first-order chi connectivity index (χ1) is 9.83. The summed E-state index contributed by atoms with van der Waals surface area (Å²) in [5.41, 5.74) is 0.920. The summed E-state index contributed by atoms with van der Waals surface area (Å²) >= 11 is 1.61. The van der Waals surface area contributed by atoms with Gasteiger partial charge in [0.1, 0.15) is 0 Å². The summed E-state index contributed by atoms with van der Waals surface area (Å²) in [7, 11) is 1.66. The second kappa shape index (κ2) is 11.7. The Morgan fingerprint density at radius 1 is 1.15 bits per heavy atom. The number of esters is 1.